The minimum Gasteiger partial charge on any atom is -0.317 e. The van der Waals surface area contributed by atoms with Crippen molar-refractivity contribution < 1.29 is 0 Å². The zero-order chi connectivity index (χ0) is 18.5. The van der Waals surface area contributed by atoms with Crippen molar-refractivity contribution in [2.45, 2.75) is 32.7 Å². The van der Waals surface area contributed by atoms with E-state index in [1.165, 1.54) is 11.3 Å². The Balaban J connectivity index is 1.62. The second-order valence-electron chi connectivity index (χ2n) is 6.97. The number of nitrogens with zero attached hydrogens (tertiary/aromatic N) is 6. The predicted octanol–water partition coefficient (Wildman–Crippen LogP) is 2.10. The summed E-state index contributed by atoms with van der Waals surface area (Å²) in [5.74, 6) is 0. The Morgan fingerprint density at radius 2 is 2.04 bits per heavy atom. The molecule has 9 heteroatoms. The number of aromatic nitrogens is 6. The molecule has 138 valence electrons. The first-order chi connectivity index (χ1) is 13.1. The lowest BCUT2D eigenvalue weighted by Gasteiger charge is -2.23. The number of thiazole rings is 1. The van der Waals surface area contributed by atoms with Crippen molar-refractivity contribution in [2.24, 2.45) is 0 Å². The summed E-state index contributed by atoms with van der Waals surface area (Å²) in [5, 5.41) is 13.1. The van der Waals surface area contributed by atoms with Crippen LogP contribution < -0.4 is 10.9 Å². The zero-order valence-electron chi connectivity index (χ0n) is 15.1. The Hall–Kier alpha value is -2.65. The van der Waals surface area contributed by atoms with Gasteiger partial charge in [-0.1, -0.05) is 0 Å². The van der Waals surface area contributed by atoms with Crippen LogP contribution >= 0.6 is 11.3 Å². The van der Waals surface area contributed by atoms with Gasteiger partial charge < -0.3 is 5.32 Å². The number of nitrogens with one attached hydrogen (secondary N) is 1. The Morgan fingerprint density at radius 3 is 2.85 bits per heavy atom. The number of rotatable bonds is 2. The molecule has 0 atom stereocenters. The first kappa shape index (κ1) is 16.5. The molecule has 1 N–H and O–H groups in total. The van der Waals surface area contributed by atoms with Gasteiger partial charge in [-0.3, -0.25) is 4.79 Å². The minimum atomic E-state index is -0.0561. The monoisotopic (exact) mass is 381 g/mol. The first-order valence-corrected chi connectivity index (χ1v) is 9.85. The Kier molecular flexibility index (Phi) is 3.80. The van der Waals surface area contributed by atoms with E-state index < -0.39 is 0 Å². The topological polar surface area (TPSA) is 90.0 Å². The van der Waals surface area contributed by atoms with Crippen molar-refractivity contribution in [3.63, 3.8) is 0 Å². The largest absolute Gasteiger partial charge is 0.317 e. The van der Waals surface area contributed by atoms with E-state index in [-0.39, 0.29) is 11.6 Å². The molecule has 0 amide bonds. The summed E-state index contributed by atoms with van der Waals surface area (Å²) < 4.78 is 4.05. The zero-order valence-corrected chi connectivity index (χ0v) is 16.0. The molecule has 0 aliphatic carbocycles. The van der Waals surface area contributed by atoms with Crippen LogP contribution in [0.1, 0.15) is 30.1 Å². The van der Waals surface area contributed by atoms with E-state index in [2.05, 4.69) is 25.5 Å². The van der Waals surface area contributed by atoms with Gasteiger partial charge in [-0.25, -0.2) is 19.2 Å². The van der Waals surface area contributed by atoms with Crippen LogP contribution in [-0.4, -0.2) is 42.5 Å². The number of piperidine rings is 1. The van der Waals surface area contributed by atoms with Crippen LogP contribution in [0.3, 0.4) is 0 Å². The van der Waals surface area contributed by atoms with Gasteiger partial charge in [0.05, 0.1) is 24.1 Å². The van der Waals surface area contributed by atoms with E-state index in [0.29, 0.717) is 10.2 Å². The summed E-state index contributed by atoms with van der Waals surface area (Å²) in [5.41, 5.74) is 4.10. The van der Waals surface area contributed by atoms with Gasteiger partial charge in [-0.2, -0.15) is 10.2 Å². The van der Waals surface area contributed by atoms with Crippen LogP contribution in [0.4, 0.5) is 0 Å². The summed E-state index contributed by atoms with van der Waals surface area (Å²) >= 11 is 1.38. The van der Waals surface area contributed by atoms with E-state index in [9.17, 15) is 4.79 Å². The van der Waals surface area contributed by atoms with Crippen molar-refractivity contribution in [1.29, 1.82) is 0 Å². The normalized spacial score (nSPS) is 15.8. The number of hydrogen-bond donors (Lipinski definition) is 1. The Labute approximate surface area is 158 Å². The average molecular weight is 381 g/mol. The van der Waals surface area contributed by atoms with E-state index in [1.807, 2.05) is 26.1 Å². The fourth-order valence-electron chi connectivity index (χ4n) is 3.62. The van der Waals surface area contributed by atoms with E-state index in [4.69, 9.17) is 0 Å². The molecule has 0 radical (unpaired) electrons. The van der Waals surface area contributed by atoms with Gasteiger partial charge in [0.15, 0.2) is 5.65 Å². The average Bonchev–Trinajstić information content (AvgIpc) is 3.26. The second-order valence-corrected chi connectivity index (χ2v) is 7.97. The molecular formula is C18H19N7OS. The van der Waals surface area contributed by atoms with Crippen LogP contribution in [0.2, 0.25) is 0 Å². The number of imidazole rings is 1. The highest BCUT2D eigenvalue weighted by atomic mass is 32.1. The Morgan fingerprint density at radius 1 is 1.22 bits per heavy atom. The highest BCUT2D eigenvalue weighted by Crippen LogP contribution is 2.28. The van der Waals surface area contributed by atoms with Gasteiger partial charge in [0.2, 0.25) is 0 Å². The van der Waals surface area contributed by atoms with Crippen LogP contribution in [0.15, 0.2) is 23.3 Å². The summed E-state index contributed by atoms with van der Waals surface area (Å²) in [6, 6.07) is 2.12. The van der Waals surface area contributed by atoms with Crippen molar-refractivity contribution in [2.75, 3.05) is 13.1 Å². The maximum absolute atomic E-state index is 13.0. The van der Waals surface area contributed by atoms with Crippen LogP contribution in [0, 0.1) is 13.8 Å². The summed E-state index contributed by atoms with van der Waals surface area (Å²) in [4.78, 5) is 22.1. The molecule has 1 aliphatic heterocycles. The summed E-state index contributed by atoms with van der Waals surface area (Å²) in [6.45, 7) is 5.78. The highest BCUT2D eigenvalue weighted by Gasteiger charge is 2.20. The van der Waals surface area contributed by atoms with E-state index in [0.717, 1.165) is 53.5 Å². The second kappa shape index (κ2) is 6.21. The SMILES string of the molecule is Cc1cn2nc(-c3nc4cnn(C5CCNCC5)c(=O)c4s3)cc(C)c2n1. The molecule has 0 bridgehead atoms. The molecule has 4 aromatic heterocycles. The number of aryl methyl sites for hydroxylation is 2. The molecule has 1 aliphatic rings. The molecule has 0 aromatic carbocycles. The van der Waals surface area contributed by atoms with Gasteiger partial charge in [0.25, 0.3) is 5.56 Å². The number of hydrogen-bond acceptors (Lipinski definition) is 7. The molecule has 5 heterocycles. The molecule has 1 fully saturated rings. The summed E-state index contributed by atoms with van der Waals surface area (Å²) in [7, 11) is 0. The van der Waals surface area contributed by atoms with Crippen molar-refractivity contribution in [3.05, 3.63) is 40.1 Å². The third-order valence-electron chi connectivity index (χ3n) is 4.96. The predicted molar refractivity (Wildman–Crippen MR) is 104 cm³/mol. The Bertz CT molecular complexity index is 1220. The van der Waals surface area contributed by atoms with Crippen molar-refractivity contribution in [1.82, 2.24) is 34.7 Å². The third kappa shape index (κ3) is 2.74. The minimum absolute atomic E-state index is 0.0561. The molecule has 5 rings (SSSR count). The lowest BCUT2D eigenvalue weighted by Crippen LogP contribution is -2.35. The lowest BCUT2D eigenvalue weighted by atomic mass is 10.1. The van der Waals surface area contributed by atoms with Gasteiger partial charge in [0, 0.05) is 0 Å². The molecule has 27 heavy (non-hydrogen) atoms. The van der Waals surface area contributed by atoms with E-state index >= 15 is 0 Å². The molecule has 1 saturated heterocycles. The maximum Gasteiger partial charge on any atom is 0.286 e. The standard InChI is InChI=1S/C18H19N7OS/c1-10-7-13(23-24-9-11(2)21-16(10)24)17-22-14-8-20-25(18(26)15(14)27-17)12-3-5-19-6-4-12/h7-9,12,19H,3-6H2,1-2H3. The van der Waals surface area contributed by atoms with Crippen molar-refractivity contribution >= 4 is 27.2 Å². The van der Waals surface area contributed by atoms with Gasteiger partial charge in [-0.05, 0) is 51.4 Å². The van der Waals surface area contributed by atoms with E-state index in [1.54, 1.807) is 15.4 Å². The van der Waals surface area contributed by atoms with Gasteiger partial charge in [0.1, 0.15) is 20.9 Å². The lowest BCUT2D eigenvalue weighted by molar-refractivity contribution is 0.333. The maximum atomic E-state index is 13.0. The smallest absolute Gasteiger partial charge is 0.286 e. The quantitative estimate of drug-likeness (QED) is 0.572. The van der Waals surface area contributed by atoms with Crippen LogP contribution in [0.5, 0.6) is 0 Å². The molecule has 4 aromatic rings. The van der Waals surface area contributed by atoms with Crippen molar-refractivity contribution in [3.8, 4) is 10.7 Å². The summed E-state index contributed by atoms with van der Waals surface area (Å²) in [6.07, 6.45) is 5.43. The molecule has 8 nitrogen and oxygen atoms in total. The molecule has 0 saturated carbocycles. The fraction of sp³-hybridized carbons (Fsp3) is 0.389. The fourth-order valence-corrected chi connectivity index (χ4v) is 4.54. The van der Waals surface area contributed by atoms with Gasteiger partial charge >= 0.3 is 0 Å². The molecule has 0 unspecified atom stereocenters. The third-order valence-corrected chi connectivity index (χ3v) is 6.05. The molecule has 0 spiro atoms. The molecular weight excluding hydrogens is 362 g/mol. The first-order valence-electron chi connectivity index (χ1n) is 9.03. The number of fused-ring (bicyclic) bond motifs is 2. The van der Waals surface area contributed by atoms with Crippen LogP contribution in [-0.2, 0) is 0 Å². The van der Waals surface area contributed by atoms with Crippen LogP contribution in [0.25, 0.3) is 26.6 Å². The van der Waals surface area contributed by atoms with Gasteiger partial charge in [-0.15, -0.1) is 11.3 Å². The highest BCUT2D eigenvalue weighted by molar-refractivity contribution is 7.21.